The number of alkyl halides is 1. The van der Waals surface area contributed by atoms with Crippen LogP contribution >= 0.6 is 34.2 Å². The van der Waals surface area contributed by atoms with E-state index in [9.17, 15) is 0 Å². The van der Waals surface area contributed by atoms with E-state index in [2.05, 4.69) is 22.6 Å². The minimum Gasteiger partial charge on any atom is -0.0898 e. The highest BCUT2D eigenvalue weighted by atomic mass is 127. The minimum absolute atomic E-state index is 0.900. The number of halogens is 2. The molecule has 0 aromatic heterocycles. The summed E-state index contributed by atoms with van der Waals surface area (Å²) in [5.41, 5.74) is 0. The third kappa shape index (κ3) is 6.76. The van der Waals surface area contributed by atoms with Crippen LogP contribution in [-0.4, -0.2) is 4.43 Å². The van der Waals surface area contributed by atoms with Gasteiger partial charge in [-0.3, -0.25) is 0 Å². The highest BCUT2D eigenvalue weighted by molar-refractivity contribution is 14.1. The van der Waals surface area contributed by atoms with Crippen LogP contribution in [-0.2, 0) is 0 Å². The van der Waals surface area contributed by atoms with E-state index in [0.717, 1.165) is 15.9 Å². The van der Waals surface area contributed by atoms with Crippen molar-refractivity contribution in [3.8, 4) is 0 Å². The molecule has 0 aliphatic rings. The van der Waals surface area contributed by atoms with Gasteiger partial charge in [-0.05, 0) is 13.3 Å². The molecule has 0 rings (SSSR count). The van der Waals surface area contributed by atoms with Crippen molar-refractivity contribution < 1.29 is 0 Å². The lowest BCUT2D eigenvalue weighted by Gasteiger charge is -1.81. The Balaban J connectivity index is 3.08. The van der Waals surface area contributed by atoms with Gasteiger partial charge in [0.1, 0.15) is 0 Å². The summed E-state index contributed by atoms with van der Waals surface area (Å²) in [6.07, 6.45) is 3.11. The van der Waals surface area contributed by atoms with Gasteiger partial charge in [-0.2, -0.15) is 0 Å². The average molecular weight is 230 g/mol. The molecule has 0 amide bonds. The lowest BCUT2D eigenvalue weighted by Crippen LogP contribution is -1.65. The smallest absolute Gasteiger partial charge is 0.0110 e. The van der Waals surface area contributed by atoms with Crippen molar-refractivity contribution in [2.24, 2.45) is 0 Å². The summed E-state index contributed by atoms with van der Waals surface area (Å²) in [7, 11) is 0. The molecule has 0 saturated heterocycles. The summed E-state index contributed by atoms with van der Waals surface area (Å²) in [5.74, 6) is 0. The van der Waals surface area contributed by atoms with Crippen molar-refractivity contribution in [1.82, 2.24) is 0 Å². The van der Waals surface area contributed by atoms with Crippen LogP contribution in [0.4, 0.5) is 0 Å². The highest BCUT2D eigenvalue weighted by Crippen LogP contribution is 2.00. The fourth-order valence-electron chi connectivity index (χ4n) is 0.253. The van der Waals surface area contributed by atoms with Crippen molar-refractivity contribution in [3.63, 3.8) is 0 Å². The SMILES string of the molecule is C/C(Cl)=C/CCI. The van der Waals surface area contributed by atoms with Gasteiger partial charge in [-0.25, -0.2) is 0 Å². The monoisotopic (exact) mass is 230 g/mol. The second kappa shape index (κ2) is 4.91. The molecule has 0 aliphatic heterocycles. The van der Waals surface area contributed by atoms with Crippen LogP contribution in [0.1, 0.15) is 13.3 Å². The van der Waals surface area contributed by atoms with E-state index in [1.807, 2.05) is 13.0 Å². The maximum atomic E-state index is 5.51. The zero-order chi connectivity index (χ0) is 5.70. The molecule has 0 aliphatic carbocycles. The molecule has 0 bridgehead atoms. The predicted molar refractivity (Wildman–Crippen MR) is 43.1 cm³/mol. The van der Waals surface area contributed by atoms with Crippen molar-refractivity contribution in [1.29, 1.82) is 0 Å². The summed E-state index contributed by atoms with van der Waals surface area (Å²) < 4.78 is 1.15. The van der Waals surface area contributed by atoms with E-state index in [4.69, 9.17) is 11.6 Å². The first-order valence-corrected chi connectivity index (χ1v) is 4.06. The van der Waals surface area contributed by atoms with E-state index in [1.165, 1.54) is 0 Å². The van der Waals surface area contributed by atoms with Gasteiger partial charge in [-0.15, -0.1) is 0 Å². The number of hydrogen-bond acceptors (Lipinski definition) is 0. The summed E-state index contributed by atoms with van der Waals surface area (Å²) >= 11 is 7.83. The van der Waals surface area contributed by atoms with Gasteiger partial charge in [0.2, 0.25) is 0 Å². The van der Waals surface area contributed by atoms with Crippen LogP contribution in [0.25, 0.3) is 0 Å². The normalized spacial score (nSPS) is 12.1. The van der Waals surface area contributed by atoms with E-state index in [-0.39, 0.29) is 0 Å². The molecule has 0 nitrogen and oxygen atoms in total. The topological polar surface area (TPSA) is 0 Å². The molecule has 0 spiro atoms. The first kappa shape index (κ1) is 7.76. The Morgan fingerprint density at radius 1 is 1.86 bits per heavy atom. The van der Waals surface area contributed by atoms with Crippen LogP contribution in [0.5, 0.6) is 0 Å². The lowest BCUT2D eigenvalue weighted by atomic mass is 10.4. The Hall–Kier alpha value is 0.760. The molecule has 0 aromatic carbocycles. The van der Waals surface area contributed by atoms with Gasteiger partial charge in [0.05, 0.1) is 0 Å². The van der Waals surface area contributed by atoms with E-state index in [1.54, 1.807) is 0 Å². The summed E-state index contributed by atoms with van der Waals surface area (Å²) in [5, 5.41) is 0.900. The Morgan fingerprint density at radius 2 is 2.43 bits per heavy atom. The molecule has 0 atom stereocenters. The largest absolute Gasteiger partial charge is 0.0898 e. The fraction of sp³-hybridized carbons (Fsp3) is 0.600. The van der Waals surface area contributed by atoms with Crippen LogP contribution in [0.2, 0.25) is 0 Å². The second-order valence-corrected chi connectivity index (χ2v) is 2.94. The van der Waals surface area contributed by atoms with Gasteiger partial charge in [-0.1, -0.05) is 40.3 Å². The zero-order valence-corrected chi connectivity index (χ0v) is 7.16. The molecule has 0 N–H and O–H groups in total. The van der Waals surface area contributed by atoms with Crippen molar-refractivity contribution in [2.45, 2.75) is 13.3 Å². The third-order valence-corrected chi connectivity index (χ3v) is 1.31. The Bertz CT molecular complexity index is 64.5. The number of allylic oxidation sites excluding steroid dienone is 2. The molecule has 0 fully saturated rings. The second-order valence-electron chi connectivity index (χ2n) is 1.27. The number of hydrogen-bond donors (Lipinski definition) is 0. The molecule has 2 heteroatoms. The van der Waals surface area contributed by atoms with E-state index >= 15 is 0 Å². The fourth-order valence-corrected chi connectivity index (χ4v) is 0.674. The van der Waals surface area contributed by atoms with Gasteiger partial charge >= 0.3 is 0 Å². The molecule has 42 valence electrons. The molecule has 0 saturated carbocycles. The van der Waals surface area contributed by atoms with Crippen LogP contribution in [0, 0.1) is 0 Å². The predicted octanol–water partition coefficient (Wildman–Crippen LogP) is 2.95. The maximum Gasteiger partial charge on any atom is 0.0110 e. The maximum absolute atomic E-state index is 5.51. The van der Waals surface area contributed by atoms with Crippen LogP contribution in [0.15, 0.2) is 11.1 Å². The Labute approximate surface area is 63.1 Å². The summed E-state index contributed by atoms with van der Waals surface area (Å²) in [6.45, 7) is 1.90. The summed E-state index contributed by atoms with van der Waals surface area (Å²) in [6, 6.07) is 0. The molecule has 0 heterocycles. The van der Waals surface area contributed by atoms with Crippen molar-refractivity contribution in [3.05, 3.63) is 11.1 Å². The van der Waals surface area contributed by atoms with Crippen molar-refractivity contribution in [2.75, 3.05) is 4.43 Å². The molecule has 0 radical (unpaired) electrons. The van der Waals surface area contributed by atoms with Gasteiger partial charge in [0, 0.05) is 9.46 Å². The van der Waals surface area contributed by atoms with Crippen molar-refractivity contribution >= 4 is 34.2 Å². The standard InChI is InChI=1S/C5H8ClI/c1-5(6)3-2-4-7/h3H,2,4H2,1H3/b5-3-. The lowest BCUT2D eigenvalue weighted by molar-refractivity contribution is 1.26. The molecule has 0 aromatic rings. The molecular weight excluding hydrogens is 222 g/mol. The first-order chi connectivity index (χ1) is 3.27. The quantitative estimate of drug-likeness (QED) is 0.505. The first-order valence-electron chi connectivity index (χ1n) is 2.15. The zero-order valence-electron chi connectivity index (χ0n) is 4.25. The van der Waals surface area contributed by atoms with E-state index < -0.39 is 0 Å². The van der Waals surface area contributed by atoms with Gasteiger partial charge in [0.25, 0.3) is 0 Å². The third-order valence-electron chi connectivity index (χ3n) is 0.535. The highest BCUT2D eigenvalue weighted by Gasteiger charge is 1.76. The van der Waals surface area contributed by atoms with Crippen LogP contribution in [0.3, 0.4) is 0 Å². The number of rotatable bonds is 2. The van der Waals surface area contributed by atoms with Crippen LogP contribution < -0.4 is 0 Å². The van der Waals surface area contributed by atoms with Gasteiger partial charge < -0.3 is 0 Å². The minimum atomic E-state index is 0.900. The summed E-state index contributed by atoms with van der Waals surface area (Å²) in [4.78, 5) is 0. The average Bonchev–Trinajstić information content (AvgIpc) is 1.61. The molecule has 7 heavy (non-hydrogen) atoms. The Morgan fingerprint density at radius 3 is 2.57 bits per heavy atom. The van der Waals surface area contributed by atoms with Gasteiger partial charge in [0.15, 0.2) is 0 Å². The molecule has 0 unspecified atom stereocenters. The Kier molecular flexibility index (Phi) is 5.44. The molecular formula is C5H8ClI. The van der Waals surface area contributed by atoms with E-state index in [0.29, 0.717) is 0 Å².